The molecule has 2 nitrogen and oxygen atoms in total. The van der Waals surface area contributed by atoms with Crippen LogP contribution in [-0.4, -0.2) is 19.5 Å². The van der Waals surface area contributed by atoms with Gasteiger partial charge in [-0.3, -0.25) is 0 Å². The van der Waals surface area contributed by atoms with Crippen molar-refractivity contribution in [3.8, 4) is 0 Å². The SMILES string of the molecule is [3H]C1=CC=C(C2OCCO2)C1. The van der Waals surface area contributed by atoms with Crippen LogP contribution in [0.4, 0.5) is 0 Å². The van der Waals surface area contributed by atoms with Gasteiger partial charge in [0.1, 0.15) is 0 Å². The number of ether oxygens (including phenoxy) is 2. The maximum absolute atomic E-state index is 7.32. The monoisotopic (exact) mass is 140 g/mol. The number of allylic oxidation sites excluding steroid dienone is 3. The van der Waals surface area contributed by atoms with Gasteiger partial charge in [0.25, 0.3) is 0 Å². The average Bonchev–Trinajstić information content (AvgIpc) is 2.55. The van der Waals surface area contributed by atoms with E-state index in [-0.39, 0.29) is 6.29 Å². The topological polar surface area (TPSA) is 18.5 Å². The zero-order valence-electron chi connectivity index (χ0n) is 6.67. The molecule has 1 saturated heterocycles. The van der Waals surface area contributed by atoms with E-state index in [4.69, 9.17) is 10.8 Å². The van der Waals surface area contributed by atoms with Crippen LogP contribution < -0.4 is 0 Å². The fourth-order valence-electron chi connectivity index (χ4n) is 1.14. The van der Waals surface area contributed by atoms with Crippen LogP contribution in [0.15, 0.2) is 23.8 Å². The van der Waals surface area contributed by atoms with Gasteiger partial charge in [0.2, 0.25) is 0 Å². The Morgan fingerprint density at radius 2 is 2.30 bits per heavy atom. The number of hydrogen-bond acceptors (Lipinski definition) is 2. The molecular weight excluding hydrogens is 128 g/mol. The van der Waals surface area contributed by atoms with Gasteiger partial charge in [0.05, 0.1) is 14.6 Å². The van der Waals surface area contributed by atoms with Crippen molar-refractivity contribution >= 4 is 0 Å². The molecule has 0 aromatic rings. The van der Waals surface area contributed by atoms with Crippen molar-refractivity contribution in [3.63, 3.8) is 0 Å². The van der Waals surface area contributed by atoms with Crippen molar-refractivity contribution in [1.82, 2.24) is 0 Å². The largest absolute Gasteiger partial charge is 0.346 e. The van der Waals surface area contributed by atoms with E-state index in [2.05, 4.69) is 0 Å². The van der Waals surface area contributed by atoms with Crippen LogP contribution >= 0.6 is 0 Å². The highest BCUT2D eigenvalue weighted by Crippen LogP contribution is 2.20. The highest BCUT2D eigenvalue weighted by molar-refractivity contribution is 5.24. The van der Waals surface area contributed by atoms with E-state index in [1.807, 2.05) is 6.08 Å². The first kappa shape index (κ1) is 5.10. The van der Waals surface area contributed by atoms with Crippen LogP contribution in [-0.2, 0) is 9.47 Å². The van der Waals surface area contributed by atoms with E-state index in [1.54, 1.807) is 6.08 Å². The van der Waals surface area contributed by atoms with E-state index < -0.39 is 0 Å². The van der Waals surface area contributed by atoms with Crippen LogP contribution in [0.2, 0.25) is 0 Å². The lowest BCUT2D eigenvalue weighted by atomic mass is 10.2. The van der Waals surface area contributed by atoms with E-state index in [1.165, 1.54) is 0 Å². The van der Waals surface area contributed by atoms with Crippen molar-refractivity contribution in [3.05, 3.63) is 23.8 Å². The zero-order valence-corrected chi connectivity index (χ0v) is 5.67. The van der Waals surface area contributed by atoms with Crippen molar-refractivity contribution in [2.45, 2.75) is 12.7 Å². The first-order chi connectivity index (χ1) is 5.36. The summed E-state index contributed by atoms with van der Waals surface area (Å²) in [6, 6.07) is 0.638. The lowest BCUT2D eigenvalue weighted by molar-refractivity contribution is -0.0120. The summed E-state index contributed by atoms with van der Waals surface area (Å²) in [6.07, 6.45) is 4.22. The van der Waals surface area contributed by atoms with Crippen LogP contribution in [0.25, 0.3) is 0 Å². The minimum Gasteiger partial charge on any atom is -0.346 e. The molecule has 0 radical (unpaired) electrons. The molecule has 54 valence electrons. The molecule has 1 aliphatic carbocycles. The molecule has 0 N–H and O–H groups in total. The lowest BCUT2D eigenvalue weighted by Crippen LogP contribution is -2.09. The molecular formula is C8H10O2. The Morgan fingerprint density at radius 3 is 2.90 bits per heavy atom. The van der Waals surface area contributed by atoms with Crippen molar-refractivity contribution in [1.29, 1.82) is 0 Å². The summed E-state index contributed by atoms with van der Waals surface area (Å²) >= 11 is 0. The van der Waals surface area contributed by atoms with Gasteiger partial charge >= 0.3 is 0 Å². The maximum Gasteiger partial charge on any atom is 0.180 e. The summed E-state index contributed by atoms with van der Waals surface area (Å²) in [4.78, 5) is 0. The highest BCUT2D eigenvalue weighted by Gasteiger charge is 2.20. The summed E-state index contributed by atoms with van der Waals surface area (Å²) in [7, 11) is 0. The molecule has 0 unspecified atom stereocenters. The number of rotatable bonds is 1. The second-order valence-corrected chi connectivity index (χ2v) is 2.36. The smallest absolute Gasteiger partial charge is 0.180 e. The van der Waals surface area contributed by atoms with Gasteiger partial charge < -0.3 is 9.47 Å². The van der Waals surface area contributed by atoms with Gasteiger partial charge in [0, 0.05) is 0 Å². The first-order valence-electron chi connectivity index (χ1n) is 3.96. The van der Waals surface area contributed by atoms with Crippen LogP contribution in [0, 0.1) is 0 Å². The zero-order chi connectivity index (χ0) is 7.68. The molecule has 0 amide bonds. The minimum absolute atomic E-state index is 0.172. The third-order valence-electron chi connectivity index (χ3n) is 1.65. The Kier molecular flexibility index (Phi) is 1.31. The van der Waals surface area contributed by atoms with Crippen molar-refractivity contribution in [2.24, 2.45) is 0 Å². The molecule has 1 heterocycles. The summed E-state index contributed by atoms with van der Waals surface area (Å²) in [5.41, 5.74) is 1.08. The Labute approximate surface area is 61.5 Å². The molecule has 0 saturated carbocycles. The van der Waals surface area contributed by atoms with Gasteiger partial charge in [-0.05, 0) is 12.0 Å². The quantitative estimate of drug-likeness (QED) is 0.545. The van der Waals surface area contributed by atoms with E-state index in [0.29, 0.717) is 25.7 Å². The predicted molar refractivity (Wildman–Crippen MR) is 37.5 cm³/mol. The molecule has 1 aliphatic heterocycles. The molecule has 10 heavy (non-hydrogen) atoms. The van der Waals surface area contributed by atoms with Crippen LogP contribution in [0.5, 0.6) is 0 Å². The fourth-order valence-corrected chi connectivity index (χ4v) is 1.14. The standard InChI is InChI=1S/C8H10O2/c1-2-4-7(3-1)8-9-5-6-10-8/h1-3,8H,4-6H2/i2T. The van der Waals surface area contributed by atoms with Crippen LogP contribution in [0.1, 0.15) is 7.79 Å². The van der Waals surface area contributed by atoms with Gasteiger partial charge in [-0.1, -0.05) is 18.2 Å². The molecule has 2 rings (SSSR count). The Balaban J connectivity index is 1.98. The van der Waals surface area contributed by atoms with Gasteiger partial charge in [0.15, 0.2) is 6.29 Å². The van der Waals surface area contributed by atoms with Crippen molar-refractivity contribution < 1.29 is 10.8 Å². The summed E-state index contributed by atoms with van der Waals surface area (Å²) in [5.74, 6) is 0. The molecule has 0 spiro atoms. The number of hydrogen-bond donors (Lipinski definition) is 0. The third kappa shape index (κ3) is 1.00. The summed E-state index contributed by atoms with van der Waals surface area (Å²) in [5, 5.41) is 0. The van der Waals surface area contributed by atoms with Gasteiger partial charge in [-0.15, -0.1) is 0 Å². The normalized spacial score (nSPS) is 28.2. The van der Waals surface area contributed by atoms with Gasteiger partial charge in [-0.2, -0.15) is 0 Å². The highest BCUT2D eigenvalue weighted by atomic mass is 16.7. The fraction of sp³-hybridized carbons (Fsp3) is 0.500. The molecule has 0 atom stereocenters. The second kappa shape index (κ2) is 2.56. The minimum atomic E-state index is -0.172. The van der Waals surface area contributed by atoms with E-state index in [9.17, 15) is 0 Å². The third-order valence-corrected chi connectivity index (χ3v) is 1.65. The molecule has 0 aromatic carbocycles. The molecule has 0 bridgehead atoms. The Morgan fingerprint density at radius 1 is 1.50 bits per heavy atom. The second-order valence-electron chi connectivity index (χ2n) is 2.36. The average molecular weight is 140 g/mol. The molecule has 2 heteroatoms. The Hall–Kier alpha value is -0.600. The maximum atomic E-state index is 7.32. The van der Waals surface area contributed by atoms with Gasteiger partial charge in [-0.25, -0.2) is 0 Å². The van der Waals surface area contributed by atoms with E-state index in [0.717, 1.165) is 5.57 Å². The molecule has 2 aliphatic rings. The first-order valence-corrected chi connectivity index (χ1v) is 3.46. The summed E-state index contributed by atoms with van der Waals surface area (Å²) < 4.78 is 17.9. The Bertz CT molecular complexity index is 214. The van der Waals surface area contributed by atoms with Crippen LogP contribution in [0.3, 0.4) is 0 Å². The van der Waals surface area contributed by atoms with E-state index >= 15 is 0 Å². The van der Waals surface area contributed by atoms with Crippen molar-refractivity contribution in [2.75, 3.05) is 13.2 Å². The lowest BCUT2D eigenvalue weighted by Gasteiger charge is -2.08. The molecule has 0 aromatic heterocycles. The summed E-state index contributed by atoms with van der Waals surface area (Å²) in [6.45, 7) is 1.35. The molecule has 1 fully saturated rings. The predicted octanol–water partition coefficient (Wildman–Crippen LogP) is 1.25.